The van der Waals surface area contributed by atoms with Crippen LogP contribution >= 0.6 is 0 Å². The summed E-state index contributed by atoms with van der Waals surface area (Å²) < 4.78 is 28.0. The van der Waals surface area contributed by atoms with Gasteiger partial charge in [-0.25, -0.2) is 9.59 Å². The fourth-order valence-corrected chi connectivity index (χ4v) is 8.93. The number of carbonyl (C=O) groups excluding carboxylic acids is 5. The molecule has 2 bridgehead atoms. The molecule has 0 aromatic carbocycles. The number of Topliss-reactive ketones (excluding diaryl/α,β-unsaturated/α-hetero) is 1. The van der Waals surface area contributed by atoms with Crippen molar-refractivity contribution in [3.05, 3.63) is 47.0 Å². The van der Waals surface area contributed by atoms with Crippen LogP contribution in [-0.2, 0) is 42.9 Å². The minimum Gasteiger partial charge on any atom is -0.472 e. The van der Waals surface area contributed by atoms with Gasteiger partial charge in [-0.3, -0.25) is 14.4 Å². The number of hydrogen-bond acceptors (Lipinski definition) is 10. The number of esters is 4. The van der Waals surface area contributed by atoms with Gasteiger partial charge in [-0.05, 0) is 57.6 Å². The largest absolute Gasteiger partial charge is 0.472 e. The Bertz CT molecular complexity index is 1450. The molecule has 2 saturated heterocycles. The first-order valence-electron chi connectivity index (χ1n) is 14.4. The van der Waals surface area contributed by atoms with E-state index in [4.69, 9.17) is 23.4 Å². The Morgan fingerprint density at radius 2 is 1.83 bits per heavy atom. The van der Waals surface area contributed by atoms with Gasteiger partial charge in [0.05, 0.1) is 32.0 Å². The zero-order valence-electron chi connectivity index (χ0n) is 24.7. The molecular formula is C32H36O10. The van der Waals surface area contributed by atoms with Gasteiger partial charge in [0.25, 0.3) is 0 Å². The fraction of sp³-hybridized carbons (Fsp3) is 0.594. The summed E-state index contributed by atoms with van der Waals surface area (Å²) in [6.07, 6.45) is 3.07. The van der Waals surface area contributed by atoms with E-state index in [2.05, 4.69) is 6.92 Å². The number of ether oxygens (including phenoxy) is 4. The molecule has 9 atom stereocenters. The number of fused-ring (bicyclic) bond motifs is 7. The quantitative estimate of drug-likeness (QED) is 0.221. The summed E-state index contributed by atoms with van der Waals surface area (Å²) in [5.41, 5.74) is -0.337. The lowest BCUT2D eigenvalue weighted by atomic mass is 9.40. The first-order chi connectivity index (χ1) is 19.8. The zero-order valence-corrected chi connectivity index (χ0v) is 24.7. The minimum atomic E-state index is -1.47. The monoisotopic (exact) mass is 580 g/mol. The van der Waals surface area contributed by atoms with Gasteiger partial charge in [0.2, 0.25) is 6.10 Å². The molecule has 2 saturated carbocycles. The van der Waals surface area contributed by atoms with Crippen LogP contribution in [0.3, 0.4) is 0 Å². The molecule has 0 N–H and O–H groups in total. The average molecular weight is 581 g/mol. The third-order valence-corrected chi connectivity index (χ3v) is 11.1. The highest BCUT2D eigenvalue weighted by molar-refractivity contribution is 5.99. The Hall–Kier alpha value is -3.69. The topological polar surface area (TPSA) is 135 Å². The maximum Gasteiger partial charge on any atom is 0.347 e. The summed E-state index contributed by atoms with van der Waals surface area (Å²) in [5.74, 6) is -4.85. The molecule has 1 aromatic rings. The molecule has 0 amide bonds. The van der Waals surface area contributed by atoms with Gasteiger partial charge in [-0.2, -0.15) is 0 Å². The maximum atomic E-state index is 14.6. The second-order valence-corrected chi connectivity index (χ2v) is 13.0. The van der Waals surface area contributed by atoms with Crippen molar-refractivity contribution in [2.75, 3.05) is 7.11 Å². The molecule has 3 aliphatic carbocycles. The molecule has 2 aliphatic heterocycles. The van der Waals surface area contributed by atoms with E-state index in [1.54, 1.807) is 52.4 Å². The van der Waals surface area contributed by atoms with E-state index < -0.39 is 64.3 Å². The van der Waals surface area contributed by atoms with Crippen LogP contribution in [0.25, 0.3) is 0 Å². The lowest BCUT2D eigenvalue weighted by molar-refractivity contribution is -0.194. The molecule has 42 heavy (non-hydrogen) atoms. The molecule has 1 aromatic heterocycles. The van der Waals surface area contributed by atoms with Gasteiger partial charge in [-0.1, -0.05) is 25.5 Å². The van der Waals surface area contributed by atoms with Crippen molar-refractivity contribution in [3.8, 4) is 0 Å². The molecule has 3 heterocycles. The summed E-state index contributed by atoms with van der Waals surface area (Å²) in [7, 11) is 1.21. The minimum absolute atomic E-state index is 0.0631. The Morgan fingerprint density at radius 3 is 2.48 bits per heavy atom. The van der Waals surface area contributed by atoms with Crippen LogP contribution in [0, 0.1) is 34.0 Å². The van der Waals surface area contributed by atoms with Gasteiger partial charge in [0.1, 0.15) is 23.4 Å². The number of hydrogen-bond donors (Lipinski definition) is 0. The van der Waals surface area contributed by atoms with Crippen molar-refractivity contribution in [3.63, 3.8) is 0 Å². The molecule has 224 valence electrons. The molecule has 5 aliphatic rings. The highest BCUT2D eigenvalue weighted by atomic mass is 16.6. The van der Waals surface area contributed by atoms with Crippen molar-refractivity contribution in [2.24, 2.45) is 34.0 Å². The summed E-state index contributed by atoms with van der Waals surface area (Å²) in [6.45, 7) is 8.81. The van der Waals surface area contributed by atoms with E-state index in [-0.39, 0.29) is 30.5 Å². The zero-order chi connectivity index (χ0) is 30.4. The summed E-state index contributed by atoms with van der Waals surface area (Å²) in [4.78, 5) is 67.6. The lowest BCUT2D eigenvalue weighted by Gasteiger charge is -2.61. The molecule has 4 fully saturated rings. The number of furan rings is 1. The van der Waals surface area contributed by atoms with Crippen LogP contribution in [0.1, 0.15) is 72.0 Å². The van der Waals surface area contributed by atoms with E-state index in [1.807, 2.05) is 0 Å². The maximum absolute atomic E-state index is 14.6. The highest BCUT2D eigenvalue weighted by Gasteiger charge is 2.77. The van der Waals surface area contributed by atoms with Crippen LogP contribution in [0.15, 0.2) is 45.8 Å². The van der Waals surface area contributed by atoms with Crippen LogP contribution in [0.5, 0.6) is 0 Å². The second kappa shape index (κ2) is 9.41. The third kappa shape index (κ3) is 3.53. The number of allylic oxidation sites excluding steroid dienone is 2. The molecular weight excluding hydrogens is 544 g/mol. The SMILES string of the molecule is C/C=C(\C)C(=O)O[C@@H]1[C@@H]2CC3=C4CC(=O)O[C@@H](c5ccoc5)[C@]4(C)CC[C@@H]3[C@@](C)(C2=O)C2[C@H](C(=O)OC)OC(=O)C21C. The molecule has 6 rings (SSSR count). The Kier molecular flexibility index (Phi) is 6.37. The Morgan fingerprint density at radius 1 is 1.10 bits per heavy atom. The van der Waals surface area contributed by atoms with E-state index in [0.717, 1.165) is 16.7 Å². The summed E-state index contributed by atoms with van der Waals surface area (Å²) in [6, 6.07) is 1.79. The third-order valence-electron chi connectivity index (χ3n) is 11.1. The molecule has 2 unspecified atom stereocenters. The van der Waals surface area contributed by atoms with Crippen LogP contribution in [-0.4, -0.2) is 49.0 Å². The standard InChI is InChI=1S/C32H36O10/c1-7-15(2)27(35)42-26-18-12-17-19(8-10-30(3)20(17)13-21(33)40-25(30)16-9-11-39-14-16)31(4,24(18)34)23-22(28(36)38-6)41-29(37)32(23,26)5/h7,9,11,14,18-19,22-23,25-26H,8,10,12-13H2,1-6H3/b15-7+/t18-,19+,22-,23?,25+,26-,30-,31-,32?/m1/s1. The molecule has 0 spiro atoms. The van der Waals surface area contributed by atoms with Gasteiger partial charge in [0, 0.05) is 27.9 Å². The normalized spacial score (nSPS) is 40.8. The predicted molar refractivity (Wildman–Crippen MR) is 144 cm³/mol. The van der Waals surface area contributed by atoms with Crippen molar-refractivity contribution >= 4 is 29.7 Å². The first kappa shape index (κ1) is 28.4. The Labute approximate surface area is 243 Å². The molecule has 0 radical (unpaired) electrons. The Balaban J connectivity index is 1.56. The van der Waals surface area contributed by atoms with E-state index in [0.29, 0.717) is 18.4 Å². The van der Waals surface area contributed by atoms with E-state index in [9.17, 15) is 24.0 Å². The second-order valence-electron chi connectivity index (χ2n) is 13.0. The van der Waals surface area contributed by atoms with Gasteiger partial charge < -0.3 is 23.4 Å². The van der Waals surface area contributed by atoms with Crippen LogP contribution < -0.4 is 0 Å². The number of cyclic esters (lactones) is 2. The predicted octanol–water partition coefficient (Wildman–Crippen LogP) is 4.19. The summed E-state index contributed by atoms with van der Waals surface area (Å²) >= 11 is 0. The number of carbonyl (C=O) groups is 5. The van der Waals surface area contributed by atoms with Crippen LogP contribution in [0.2, 0.25) is 0 Å². The number of methoxy groups -OCH3 is 1. The highest BCUT2D eigenvalue weighted by Crippen LogP contribution is 2.69. The number of rotatable bonds is 4. The van der Waals surface area contributed by atoms with Crippen LogP contribution in [0.4, 0.5) is 0 Å². The van der Waals surface area contributed by atoms with Gasteiger partial charge >= 0.3 is 23.9 Å². The lowest BCUT2D eigenvalue weighted by Crippen LogP contribution is -2.69. The summed E-state index contributed by atoms with van der Waals surface area (Å²) in [5, 5.41) is 0. The van der Waals surface area contributed by atoms with Gasteiger partial charge in [0.15, 0.2) is 0 Å². The van der Waals surface area contributed by atoms with Crippen molar-refractivity contribution in [2.45, 2.75) is 78.6 Å². The van der Waals surface area contributed by atoms with E-state index >= 15 is 0 Å². The smallest absolute Gasteiger partial charge is 0.347 e. The van der Waals surface area contributed by atoms with Gasteiger partial charge in [-0.15, -0.1) is 0 Å². The average Bonchev–Trinajstić information content (AvgIpc) is 3.59. The first-order valence-corrected chi connectivity index (χ1v) is 14.4. The fourth-order valence-electron chi connectivity index (χ4n) is 8.93. The van der Waals surface area contributed by atoms with Crippen molar-refractivity contribution in [1.82, 2.24) is 0 Å². The molecule has 10 heteroatoms. The van der Waals surface area contributed by atoms with Crippen molar-refractivity contribution < 1.29 is 47.3 Å². The molecule has 10 nitrogen and oxygen atoms in total. The van der Waals surface area contributed by atoms with E-state index in [1.165, 1.54) is 7.11 Å². The van der Waals surface area contributed by atoms with Crippen molar-refractivity contribution in [1.29, 1.82) is 0 Å². The number of ketones is 1.